The van der Waals surface area contributed by atoms with Crippen LogP contribution in [0.2, 0.25) is 0 Å². The van der Waals surface area contributed by atoms with Gasteiger partial charge in [-0.05, 0) is 80.1 Å². The predicted octanol–water partition coefficient (Wildman–Crippen LogP) is 1.56. The molecule has 2 amide bonds. The van der Waals surface area contributed by atoms with Crippen LogP contribution >= 0.6 is 0 Å². The number of fused-ring (bicyclic) bond motifs is 2. The topological polar surface area (TPSA) is 236 Å². The number of hydrogen-bond donors (Lipinski definition) is 6. The van der Waals surface area contributed by atoms with Gasteiger partial charge in [-0.15, -0.1) is 16.6 Å². The van der Waals surface area contributed by atoms with E-state index in [1.165, 1.54) is 0 Å². The van der Waals surface area contributed by atoms with Crippen molar-refractivity contribution >= 4 is 40.3 Å². The summed E-state index contributed by atoms with van der Waals surface area (Å²) in [5.41, 5.74) is 3.42. The highest BCUT2D eigenvalue weighted by Crippen LogP contribution is 2.39. The van der Waals surface area contributed by atoms with Gasteiger partial charge in [0.1, 0.15) is 11.9 Å². The summed E-state index contributed by atoms with van der Waals surface area (Å²) in [7, 11) is 0. The fourth-order valence-electron chi connectivity index (χ4n) is 5.85. The van der Waals surface area contributed by atoms with E-state index in [0.29, 0.717) is 16.7 Å². The number of hydrogen-bond acceptors (Lipinski definition) is 10. The number of carbonyl (C=O) groups excluding carboxylic acids is 2. The number of benzene rings is 2. The van der Waals surface area contributed by atoms with Crippen molar-refractivity contribution in [1.29, 1.82) is 0 Å². The lowest BCUT2D eigenvalue weighted by atomic mass is 10.0. The number of H-pyrrole nitrogens is 2. The van der Waals surface area contributed by atoms with Gasteiger partial charge in [-0.2, -0.15) is 5.21 Å². The quantitative estimate of drug-likeness (QED) is 0.106. The summed E-state index contributed by atoms with van der Waals surface area (Å²) in [6, 6.07) is 8.08. The summed E-state index contributed by atoms with van der Waals surface area (Å²) in [5, 5.41) is 37.4. The van der Waals surface area contributed by atoms with Gasteiger partial charge in [0, 0.05) is 24.1 Å². The lowest BCUT2D eigenvalue weighted by Crippen LogP contribution is -2.48. The van der Waals surface area contributed by atoms with E-state index in [1.54, 1.807) is 31.2 Å². The van der Waals surface area contributed by atoms with Gasteiger partial charge in [0.25, 0.3) is 11.5 Å². The molecule has 0 aliphatic heterocycles. The normalized spacial score (nSPS) is 14.8. The fourth-order valence-corrected chi connectivity index (χ4v) is 5.85. The highest BCUT2D eigenvalue weighted by molar-refractivity contribution is 5.98. The number of anilines is 1. The average molecular weight is 656 g/mol. The Labute approximate surface area is 273 Å². The highest BCUT2D eigenvalue weighted by Gasteiger charge is 2.30. The van der Waals surface area contributed by atoms with Crippen molar-refractivity contribution in [3.63, 3.8) is 0 Å². The molecule has 16 nitrogen and oxygen atoms in total. The van der Waals surface area contributed by atoms with E-state index < -0.39 is 42.3 Å². The van der Waals surface area contributed by atoms with E-state index in [9.17, 15) is 29.1 Å². The van der Waals surface area contributed by atoms with Crippen LogP contribution < -0.4 is 21.1 Å². The average Bonchev–Trinajstić information content (AvgIpc) is 3.73. The van der Waals surface area contributed by atoms with Crippen LogP contribution in [0.15, 0.2) is 41.2 Å². The van der Waals surface area contributed by atoms with Crippen molar-refractivity contribution in [2.45, 2.75) is 63.6 Å². The van der Waals surface area contributed by atoms with E-state index in [4.69, 9.17) is 11.5 Å². The molecule has 0 spiro atoms. The zero-order valence-corrected chi connectivity index (χ0v) is 25.9. The number of carboxylic acids is 2. The Morgan fingerprint density at radius 2 is 1.81 bits per heavy atom. The van der Waals surface area contributed by atoms with Crippen LogP contribution in [-0.4, -0.2) is 77.1 Å². The van der Waals surface area contributed by atoms with Gasteiger partial charge >= 0.3 is 11.9 Å². The number of rotatable bonds is 14. The van der Waals surface area contributed by atoms with Gasteiger partial charge in [0.2, 0.25) is 5.91 Å². The number of carbonyl (C=O) groups is 4. The number of nitrogens with zero attached hydrogens (tertiary/aromatic N) is 5. The van der Waals surface area contributed by atoms with Crippen molar-refractivity contribution in [2.75, 3.05) is 11.4 Å². The van der Waals surface area contributed by atoms with Crippen LogP contribution in [0.5, 0.6) is 0 Å². The number of amides is 2. The largest absolute Gasteiger partial charge is 0.481 e. The lowest BCUT2D eigenvalue weighted by Gasteiger charge is -2.30. The summed E-state index contributed by atoms with van der Waals surface area (Å²) < 4.78 is 0. The summed E-state index contributed by atoms with van der Waals surface area (Å²) in [4.78, 5) is 70.9. The molecule has 0 fully saturated rings. The first kappa shape index (κ1) is 33.3. The maximum atomic E-state index is 13.3. The molecule has 1 aliphatic rings. The van der Waals surface area contributed by atoms with E-state index >= 15 is 0 Å². The monoisotopic (exact) mass is 655 g/mol. The van der Waals surface area contributed by atoms with Gasteiger partial charge in [-0.1, -0.05) is 11.1 Å². The predicted molar refractivity (Wildman–Crippen MR) is 171 cm³/mol. The second-order valence-electron chi connectivity index (χ2n) is 11.4. The fraction of sp³-hybridized carbons (Fsp3) is 0.344. The van der Waals surface area contributed by atoms with E-state index in [1.807, 2.05) is 17.0 Å². The van der Waals surface area contributed by atoms with E-state index in [0.717, 1.165) is 29.7 Å². The molecule has 1 aliphatic carbocycles. The molecule has 2 aromatic heterocycles. The Kier molecular flexibility index (Phi) is 10.1. The number of terminal acetylenes is 1. The minimum atomic E-state index is -1.27. The van der Waals surface area contributed by atoms with Crippen molar-refractivity contribution in [3.05, 3.63) is 75.1 Å². The van der Waals surface area contributed by atoms with Crippen molar-refractivity contribution in [1.82, 2.24) is 41.2 Å². The van der Waals surface area contributed by atoms with Crippen LogP contribution in [0.4, 0.5) is 5.69 Å². The number of nitrogens with one attached hydrogen (secondary N) is 4. The molecule has 0 radical (unpaired) electrons. The van der Waals surface area contributed by atoms with Crippen LogP contribution in [0.25, 0.3) is 10.9 Å². The highest BCUT2D eigenvalue weighted by atomic mass is 16.4. The van der Waals surface area contributed by atoms with Crippen LogP contribution in [-0.2, 0) is 20.8 Å². The molecule has 4 aromatic rings. The van der Waals surface area contributed by atoms with Crippen molar-refractivity contribution < 1.29 is 29.4 Å². The summed E-state index contributed by atoms with van der Waals surface area (Å²) >= 11 is 0. The minimum Gasteiger partial charge on any atom is -0.481 e. The Morgan fingerprint density at radius 3 is 2.48 bits per heavy atom. The molecule has 0 bridgehead atoms. The van der Waals surface area contributed by atoms with Gasteiger partial charge in [0.15, 0.2) is 5.82 Å². The standard InChI is InChI=1S/C32H33N9O7/c1-3-14-41(26-11-6-19-15-25-22(16-21(19)26)31(47)34-17(2)33-25)20-7-4-18(5-8-20)30(46)36-24(10-13-28(44)45)32(48)35-23(9-12-27(42)43)29-37-39-40-38-29/h1,4-5,7-8,15-16,23-24,26H,6,9-14H2,2H3,(H,35,48)(H,36,46)(H,42,43)(H,44,45)(H,33,34,47)(H,37,38,39,40)/t23-,24+,26-/m1/s1. The molecule has 248 valence electrons. The number of tetrazole rings is 1. The molecule has 3 atom stereocenters. The number of aromatic amines is 2. The number of carboxylic acid groups (broad SMARTS) is 2. The molecule has 48 heavy (non-hydrogen) atoms. The first-order chi connectivity index (χ1) is 23.0. The molecule has 16 heteroatoms. The van der Waals surface area contributed by atoms with Crippen LogP contribution in [0.3, 0.4) is 0 Å². The second kappa shape index (κ2) is 14.5. The molecule has 2 heterocycles. The first-order valence-corrected chi connectivity index (χ1v) is 15.2. The number of aromatic nitrogens is 6. The third-order valence-electron chi connectivity index (χ3n) is 8.14. The lowest BCUT2D eigenvalue weighted by molar-refractivity contribution is -0.138. The maximum Gasteiger partial charge on any atom is 0.303 e. The molecule has 0 saturated carbocycles. The van der Waals surface area contributed by atoms with Gasteiger partial charge in [0.05, 0.1) is 29.5 Å². The number of aliphatic carboxylic acids is 2. The summed E-state index contributed by atoms with van der Waals surface area (Å²) in [5.74, 6) is -0.365. The van der Waals surface area contributed by atoms with E-state index in [-0.39, 0.29) is 48.8 Å². The third kappa shape index (κ3) is 7.64. The molecule has 2 aromatic carbocycles. The SMILES string of the molecule is C#CCN(c1ccc(C(=O)N[C@@H](CCC(=O)O)C(=O)N[C@H](CCC(=O)O)c2nn[nH]n2)cc1)[C@@H]1CCc2cc3nc(C)[nH]c(=O)c3cc21. The molecule has 0 unspecified atom stereocenters. The molecule has 6 N–H and O–H groups in total. The first-order valence-electron chi connectivity index (χ1n) is 15.2. The van der Waals surface area contributed by atoms with E-state index in [2.05, 4.69) is 47.1 Å². The maximum absolute atomic E-state index is 13.3. The van der Waals surface area contributed by atoms with Crippen LogP contribution in [0, 0.1) is 19.3 Å². The molecular formula is C32H33N9O7. The molecule has 5 rings (SSSR count). The Bertz CT molecular complexity index is 1930. The second-order valence-corrected chi connectivity index (χ2v) is 11.4. The zero-order chi connectivity index (χ0) is 34.4. The number of aryl methyl sites for hydroxylation is 2. The smallest absolute Gasteiger partial charge is 0.303 e. The van der Waals surface area contributed by atoms with Gasteiger partial charge in [-0.25, -0.2) is 4.98 Å². The van der Waals surface area contributed by atoms with Crippen molar-refractivity contribution in [3.8, 4) is 12.3 Å². The molecule has 0 saturated heterocycles. The summed E-state index contributed by atoms with van der Waals surface area (Å²) in [6.07, 6.45) is 6.26. The summed E-state index contributed by atoms with van der Waals surface area (Å²) in [6.45, 7) is 2.00. The van der Waals surface area contributed by atoms with Crippen LogP contribution in [0.1, 0.15) is 77.3 Å². The van der Waals surface area contributed by atoms with Gasteiger partial charge in [-0.3, -0.25) is 24.0 Å². The van der Waals surface area contributed by atoms with Crippen molar-refractivity contribution in [2.24, 2.45) is 0 Å². The zero-order valence-electron chi connectivity index (χ0n) is 25.9. The Hall–Kier alpha value is -6.11. The Morgan fingerprint density at radius 1 is 1.08 bits per heavy atom. The molecular weight excluding hydrogens is 622 g/mol. The van der Waals surface area contributed by atoms with Gasteiger partial charge < -0.3 is 30.7 Å². The Balaban J connectivity index is 1.33. The minimum absolute atomic E-state index is 0.0386. The third-order valence-corrected chi connectivity index (χ3v) is 8.14.